The predicted octanol–water partition coefficient (Wildman–Crippen LogP) is 3.25. The van der Waals surface area contributed by atoms with E-state index < -0.39 is 0 Å². The quantitative estimate of drug-likeness (QED) is 0.793. The second-order valence-corrected chi connectivity index (χ2v) is 8.16. The number of methoxy groups -OCH3 is 1. The van der Waals surface area contributed by atoms with Gasteiger partial charge in [0.15, 0.2) is 0 Å². The Bertz CT molecular complexity index is 311. The molecule has 0 unspecified atom stereocenters. The lowest BCUT2D eigenvalue weighted by Crippen LogP contribution is -2.42. The molecule has 22 heavy (non-hydrogen) atoms. The number of likely N-dealkylation sites (tertiary alicyclic amines) is 2. The van der Waals surface area contributed by atoms with Crippen molar-refractivity contribution in [3.05, 3.63) is 0 Å². The molecule has 0 aromatic heterocycles. The highest BCUT2D eigenvalue weighted by atomic mass is 16.5. The van der Waals surface area contributed by atoms with Crippen LogP contribution in [0.25, 0.3) is 0 Å². The van der Waals surface area contributed by atoms with E-state index in [0.717, 1.165) is 17.8 Å². The Morgan fingerprint density at radius 1 is 0.773 bits per heavy atom. The fourth-order valence-corrected chi connectivity index (χ4v) is 5.01. The van der Waals surface area contributed by atoms with E-state index in [1.54, 1.807) is 0 Å². The molecule has 2 heterocycles. The van der Waals surface area contributed by atoms with Gasteiger partial charge in [0.25, 0.3) is 0 Å². The largest absolute Gasteiger partial charge is 0.381 e. The summed E-state index contributed by atoms with van der Waals surface area (Å²) in [4.78, 5) is 5.26. The summed E-state index contributed by atoms with van der Waals surface area (Å²) >= 11 is 0. The van der Waals surface area contributed by atoms with Gasteiger partial charge < -0.3 is 14.5 Å². The van der Waals surface area contributed by atoms with E-state index in [0.29, 0.717) is 6.10 Å². The zero-order chi connectivity index (χ0) is 15.4. The molecule has 3 nitrogen and oxygen atoms in total. The van der Waals surface area contributed by atoms with E-state index in [9.17, 15) is 0 Å². The van der Waals surface area contributed by atoms with E-state index in [4.69, 9.17) is 4.74 Å². The second kappa shape index (κ2) is 8.12. The molecule has 0 radical (unpaired) electrons. The topological polar surface area (TPSA) is 15.7 Å². The normalized spacial score (nSPS) is 34.1. The van der Waals surface area contributed by atoms with Gasteiger partial charge >= 0.3 is 0 Å². The van der Waals surface area contributed by atoms with Crippen molar-refractivity contribution < 1.29 is 4.74 Å². The maximum Gasteiger partial charge on any atom is 0.0571 e. The average Bonchev–Trinajstić information content (AvgIpc) is 2.58. The Morgan fingerprint density at radius 3 is 1.95 bits per heavy atom. The van der Waals surface area contributed by atoms with Crippen LogP contribution in [-0.2, 0) is 4.74 Å². The summed E-state index contributed by atoms with van der Waals surface area (Å²) in [6.07, 6.45) is 11.7. The summed E-state index contributed by atoms with van der Waals surface area (Å²) < 4.78 is 5.52. The van der Waals surface area contributed by atoms with Crippen LogP contribution in [0.15, 0.2) is 0 Å². The number of rotatable bonds is 4. The van der Waals surface area contributed by atoms with Crippen LogP contribution in [0.1, 0.15) is 51.4 Å². The molecule has 128 valence electrons. The third kappa shape index (κ3) is 4.46. The lowest BCUT2D eigenvalue weighted by atomic mass is 9.75. The standard InChI is InChI=1S/C19H36N2O/c1-20-11-7-16(8-12-20)15-21-13-9-18(10-14-21)17-3-5-19(22-2)6-4-17/h16-19H,3-15H2,1-2H3. The molecule has 0 aromatic carbocycles. The molecule has 0 N–H and O–H groups in total. The van der Waals surface area contributed by atoms with Crippen molar-refractivity contribution in [2.75, 3.05) is 46.9 Å². The van der Waals surface area contributed by atoms with Crippen molar-refractivity contribution >= 4 is 0 Å². The Balaban J connectivity index is 1.36. The molecular formula is C19H36N2O. The Morgan fingerprint density at radius 2 is 1.36 bits per heavy atom. The Kier molecular flexibility index (Phi) is 6.17. The van der Waals surface area contributed by atoms with Gasteiger partial charge in [-0.1, -0.05) is 0 Å². The summed E-state index contributed by atoms with van der Waals surface area (Å²) in [5.74, 6) is 2.97. The Labute approximate surface area is 137 Å². The lowest BCUT2D eigenvalue weighted by molar-refractivity contribution is 0.0336. The average molecular weight is 309 g/mol. The number of hydrogen-bond donors (Lipinski definition) is 0. The molecule has 2 aliphatic heterocycles. The van der Waals surface area contributed by atoms with Gasteiger partial charge in [0.2, 0.25) is 0 Å². The van der Waals surface area contributed by atoms with Crippen LogP contribution in [0.4, 0.5) is 0 Å². The van der Waals surface area contributed by atoms with Crippen molar-refractivity contribution in [2.45, 2.75) is 57.5 Å². The van der Waals surface area contributed by atoms with Gasteiger partial charge in [-0.3, -0.25) is 0 Å². The molecule has 0 bridgehead atoms. The summed E-state index contributed by atoms with van der Waals surface area (Å²) in [5, 5.41) is 0. The van der Waals surface area contributed by atoms with Crippen molar-refractivity contribution in [1.29, 1.82) is 0 Å². The molecule has 3 fully saturated rings. The molecule has 1 aliphatic carbocycles. The first-order valence-electron chi connectivity index (χ1n) is 9.68. The monoisotopic (exact) mass is 308 g/mol. The molecule has 0 spiro atoms. The molecule has 3 aliphatic rings. The van der Waals surface area contributed by atoms with Crippen LogP contribution in [0, 0.1) is 17.8 Å². The third-order valence-corrected chi connectivity index (χ3v) is 6.71. The third-order valence-electron chi connectivity index (χ3n) is 6.71. The molecule has 0 aromatic rings. The maximum atomic E-state index is 5.52. The van der Waals surface area contributed by atoms with E-state index in [-0.39, 0.29) is 0 Å². The molecular weight excluding hydrogens is 272 g/mol. The summed E-state index contributed by atoms with van der Waals surface area (Å²) in [7, 11) is 4.15. The highest BCUT2D eigenvalue weighted by Crippen LogP contribution is 2.36. The highest BCUT2D eigenvalue weighted by Gasteiger charge is 2.31. The summed E-state index contributed by atoms with van der Waals surface area (Å²) in [6.45, 7) is 6.72. The predicted molar refractivity (Wildman–Crippen MR) is 92.1 cm³/mol. The first kappa shape index (κ1) is 16.7. The van der Waals surface area contributed by atoms with Crippen LogP contribution < -0.4 is 0 Å². The minimum atomic E-state index is 0.556. The van der Waals surface area contributed by atoms with Crippen LogP contribution in [0.2, 0.25) is 0 Å². The van der Waals surface area contributed by atoms with E-state index in [2.05, 4.69) is 16.8 Å². The minimum absolute atomic E-state index is 0.556. The first-order chi connectivity index (χ1) is 10.7. The van der Waals surface area contributed by atoms with Crippen LogP contribution in [0.5, 0.6) is 0 Å². The van der Waals surface area contributed by atoms with Gasteiger partial charge in [0.05, 0.1) is 6.10 Å². The van der Waals surface area contributed by atoms with Crippen molar-refractivity contribution in [3.63, 3.8) is 0 Å². The maximum absolute atomic E-state index is 5.52. The molecule has 3 heteroatoms. The molecule has 3 rings (SSSR count). The fraction of sp³-hybridized carbons (Fsp3) is 1.00. The Hall–Kier alpha value is -0.120. The smallest absolute Gasteiger partial charge is 0.0571 e. The zero-order valence-electron chi connectivity index (χ0n) is 14.8. The number of hydrogen-bond acceptors (Lipinski definition) is 3. The van der Waals surface area contributed by atoms with Crippen LogP contribution in [0.3, 0.4) is 0 Å². The first-order valence-corrected chi connectivity index (χ1v) is 9.68. The lowest BCUT2D eigenvalue weighted by Gasteiger charge is -2.40. The minimum Gasteiger partial charge on any atom is -0.381 e. The van der Waals surface area contributed by atoms with Crippen molar-refractivity contribution in [1.82, 2.24) is 9.80 Å². The van der Waals surface area contributed by atoms with Gasteiger partial charge in [-0.2, -0.15) is 0 Å². The molecule has 1 saturated carbocycles. The van der Waals surface area contributed by atoms with Gasteiger partial charge in [0, 0.05) is 13.7 Å². The van der Waals surface area contributed by atoms with E-state index in [1.807, 2.05) is 7.11 Å². The van der Waals surface area contributed by atoms with Crippen LogP contribution >= 0.6 is 0 Å². The molecule has 2 saturated heterocycles. The fourth-order valence-electron chi connectivity index (χ4n) is 5.01. The number of ether oxygens (including phenoxy) is 1. The number of piperidine rings is 2. The summed E-state index contributed by atoms with van der Waals surface area (Å²) in [6, 6.07) is 0. The molecule has 0 amide bonds. The van der Waals surface area contributed by atoms with Crippen molar-refractivity contribution in [3.8, 4) is 0 Å². The van der Waals surface area contributed by atoms with E-state index in [1.165, 1.54) is 84.1 Å². The zero-order valence-corrected chi connectivity index (χ0v) is 14.8. The van der Waals surface area contributed by atoms with Crippen molar-refractivity contribution in [2.24, 2.45) is 17.8 Å². The molecule has 0 atom stereocenters. The van der Waals surface area contributed by atoms with Gasteiger partial charge in [-0.15, -0.1) is 0 Å². The van der Waals surface area contributed by atoms with Gasteiger partial charge in [-0.25, -0.2) is 0 Å². The number of nitrogens with zero attached hydrogens (tertiary/aromatic N) is 2. The SMILES string of the molecule is COC1CCC(C2CCN(CC3CCN(C)CC3)CC2)CC1. The summed E-state index contributed by atoms with van der Waals surface area (Å²) in [5.41, 5.74) is 0. The van der Waals surface area contributed by atoms with Gasteiger partial charge in [-0.05, 0) is 102 Å². The highest BCUT2D eigenvalue weighted by molar-refractivity contribution is 4.83. The van der Waals surface area contributed by atoms with Crippen LogP contribution in [-0.4, -0.2) is 62.8 Å². The van der Waals surface area contributed by atoms with E-state index >= 15 is 0 Å². The second-order valence-electron chi connectivity index (χ2n) is 8.16. The van der Waals surface area contributed by atoms with Gasteiger partial charge in [0.1, 0.15) is 0 Å².